The third-order valence-electron chi connectivity index (χ3n) is 4.62. The molecule has 0 bridgehead atoms. The van der Waals surface area contributed by atoms with Crippen LogP contribution in [0.3, 0.4) is 0 Å². The zero-order valence-corrected chi connectivity index (χ0v) is 12.6. The van der Waals surface area contributed by atoms with Crippen LogP contribution in [0.25, 0.3) is 0 Å². The van der Waals surface area contributed by atoms with Crippen LogP contribution in [-0.2, 0) is 4.79 Å². The molecule has 3 nitrogen and oxygen atoms in total. The number of nitrogens with two attached hydrogens (primary N) is 1. The molecule has 3 N–H and O–H groups in total. The Balaban J connectivity index is 2.42. The minimum Gasteiger partial charge on any atom is -0.353 e. The molecule has 4 atom stereocenters. The fraction of sp³-hybridized carbons (Fsp3) is 0.933. The van der Waals surface area contributed by atoms with Gasteiger partial charge in [-0.25, -0.2) is 0 Å². The van der Waals surface area contributed by atoms with Gasteiger partial charge >= 0.3 is 0 Å². The van der Waals surface area contributed by atoms with Crippen molar-refractivity contribution in [1.29, 1.82) is 0 Å². The minimum absolute atomic E-state index is 0.00934. The molecule has 0 heterocycles. The molecule has 1 rings (SSSR count). The van der Waals surface area contributed by atoms with E-state index in [2.05, 4.69) is 39.9 Å². The van der Waals surface area contributed by atoms with Crippen LogP contribution in [0.5, 0.6) is 0 Å². The van der Waals surface area contributed by atoms with Crippen LogP contribution in [-0.4, -0.2) is 18.0 Å². The van der Waals surface area contributed by atoms with Crippen LogP contribution in [0.4, 0.5) is 0 Å². The fourth-order valence-electron chi connectivity index (χ4n) is 2.80. The monoisotopic (exact) mass is 254 g/mol. The summed E-state index contributed by atoms with van der Waals surface area (Å²) in [5.74, 6) is 1.49. The maximum atomic E-state index is 12.0. The molecule has 3 heteroatoms. The van der Waals surface area contributed by atoms with Gasteiger partial charge in [-0.2, -0.15) is 0 Å². The summed E-state index contributed by atoms with van der Waals surface area (Å²) in [6, 6.07) is 0.283. The quantitative estimate of drug-likeness (QED) is 0.810. The lowest BCUT2D eigenvalue weighted by atomic mass is 9.85. The summed E-state index contributed by atoms with van der Waals surface area (Å²) < 4.78 is 0. The maximum absolute atomic E-state index is 12.0. The number of amides is 1. The standard InChI is InChI=1S/C15H30N2O/c1-6-11-7-8-12(10(11)2)17-14(18)9-13(16)15(3,4)5/h10-13H,6-9,16H2,1-5H3,(H,17,18). The van der Waals surface area contributed by atoms with Crippen LogP contribution in [0.1, 0.15) is 60.3 Å². The summed E-state index contributed by atoms with van der Waals surface area (Å²) in [6.45, 7) is 10.7. The topological polar surface area (TPSA) is 55.1 Å². The van der Waals surface area contributed by atoms with E-state index in [1.54, 1.807) is 0 Å². The van der Waals surface area contributed by atoms with Gasteiger partial charge in [0.1, 0.15) is 0 Å². The predicted molar refractivity (Wildman–Crippen MR) is 76.2 cm³/mol. The minimum atomic E-state index is -0.0730. The Hall–Kier alpha value is -0.570. The van der Waals surface area contributed by atoms with E-state index in [1.807, 2.05) is 0 Å². The van der Waals surface area contributed by atoms with Gasteiger partial charge in [-0.3, -0.25) is 4.79 Å². The smallest absolute Gasteiger partial charge is 0.221 e. The first kappa shape index (κ1) is 15.5. The molecule has 0 spiro atoms. The molecule has 1 aliphatic carbocycles. The zero-order chi connectivity index (χ0) is 13.9. The van der Waals surface area contributed by atoms with E-state index in [0.717, 1.165) is 12.3 Å². The summed E-state index contributed by atoms with van der Waals surface area (Å²) in [7, 11) is 0. The van der Waals surface area contributed by atoms with Gasteiger partial charge in [-0.15, -0.1) is 0 Å². The van der Waals surface area contributed by atoms with Crippen molar-refractivity contribution in [1.82, 2.24) is 5.32 Å². The molecule has 0 aliphatic heterocycles. The first-order valence-electron chi connectivity index (χ1n) is 7.30. The average molecular weight is 254 g/mol. The van der Waals surface area contributed by atoms with E-state index < -0.39 is 0 Å². The van der Waals surface area contributed by atoms with Gasteiger partial charge in [0.2, 0.25) is 5.91 Å². The number of rotatable bonds is 4. The summed E-state index contributed by atoms with van der Waals surface area (Å²) in [5.41, 5.74) is 6.04. The van der Waals surface area contributed by atoms with Crippen molar-refractivity contribution in [3.8, 4) is 0 Å². The van der Waals surface area contributed by atoms with E-state index in [9.17, 15) is 4.79 Å². The molecule has 1 fully saturated rings. The molecular formula is C15H30N2O. The second-order valence-electron chi connectivity index (χ2n) is 6.96. The molecular weight excluding hydrogens is 224 g/mol. The van der Waals surface area contributed by atoms with Crippen molar-refractivity contribution in [2.75, 3.05) is 0 Å². The SMILES string of the molecule is CCC1CCC(NC(=O)CC(N)C(C)(C)C)C1C. The van der Waals surface area contributed by atoms with E-state index in [1.165, 1.54) is 12.8 Å². The van der Waals surface area contributed by atoms with Crippen LogP contribution < -0.4 is 11.1 Å². The van der Waals surface area contributed by atoms with E-state index >= 15 is 0 Å². The third-order valence-corrected chi connectivity index (χ3v) is 4.62. The summed E-state index contributed by atoms with van der Waals surface area (Å²) in [5, 5.41) is 3.18. The largest absolute Gasteiger partial charge is 0.353 e. The van der Waals surface area contributed by atoms with Gasteiger partial charge in [0, 0.05) is 18.5 Å². The molecule has 1 aliphatic rings. The van der Waals surface area contributed by atoms with Crippen molar-refractivity contribution in [3.05, 3.63) is 0 Å². The second kappa shape index (κ2) is 6.05. The number of carbonyl (C=O) groups excluding carboxylic acids is 1. The number of hydrogen-bond acceptors (Lipinski definition) is 2. The molecule has 106 valence electrons. The molecule has 0 radical (unpaired) electrons. The maximum Gasteiger partial charge on any atom is 0.221 e. The first-order chi connectivity index (χ1) is 8.25. The third kappa shape index (κ3) is 3.98. The normalized spacial score (nSPS) is 30.2. The van der Waals surface area contributed by atoms with Gasteiger partial charge in [-0.1, -0.05) is 41.0 Å². The Morgan fingerprint density at radius 3 is 2.44 bits per heavy atom. The lowest BCUT2D eigenvalue weighted by Gasteiger charge is -2.28. The Labute approximate surface area is 112 Å². The highest BCUT2D eigenvalue weighted by molar-refractivity contribution is 5.77. The van der Waals surface area contributed by atoms with Crippen LogP contribution in [0, 0.1) is 17.3 Å². The van der Waals surface area contributed by atoms with Crippen molar-refractivity contribution < 1.29 is 4.79 Å². The molecule has 0 aromatic rings. The van der Waals surface area contributed by atoms with Gasteiger partial charge in [0.25, 0.3) is 0 Å². The van der Waals surface area contributed by atoms with E-state index in [-0.39, 0.29) is 17.4 Å². The fourth-order valence-corrected chi connectivity index (χ4v) is 2.80. The number of nitrogens with one attached hydrogen (secondary N) is 1. The van der Waals surface area contributed by atoms with E-state index in [0.29, 0.717) is 18.4 Å². The summed E-state index contributed by atoms with van der Waals surface area (Å²) in [6.07, 6.45) is 4.02. The highest BCUT2D eigenvalue weighted by Gasteiger charge is 2.33. The second-order valence-corrected chi connectivity index (χ2v) is 6.96. The Morgan fingerprint density at radius 2 is 2.00 bits per heavy atom. The molecule has 18 heavy (non-hydrogen) atoms. The highest BCUT2D eigenvalue weighted by Crippen LogP contribution is 2.34. The molecule has 0 aromatic carbocycles. The lowest BCUT2D eigenvalue weighted by molar-refractivity contribution is -0.122. The molecule has 0 aromatic heterocycles. The highest BCUT2D eigenvalue weighted by atomic mass is 16.1. The first-order valence-corrected chi connectivity index (χ1v) is 7.30. The van der Waals surface area contributed by atoms with Crippen molar-refractivity contribution in [2.45, 2.75) is 72.4 Å². The summed E-state index contributed by atoms with van der Waals surface area (Å²) >= 11 is 0. The molecule has 4 unspecified atom stereocenters. The van der Waals surface area contributed by atoms with Gasteiger partial charge in [-0.05, 0) is 30.1 Å². The lowest BCUT2D eigenvalue weighted by Crippen LogP contribution is -2.43. The van der Waals surface area contributed by atoms with Gasteiger partial charge < -0.3 is 11.1 Å². The zero-order valence-electron chi connectivity index (χ0n) is 12.6. The van der Waals surface area contributed by atoms with Crippen LogP contribution in [0.15, 0.2) is 0 Å². The Morgan fingerprint density at radius 1 is 1.39 bits per heavy atom. The molecule has 0 saturated heterocycles. The Bertz CT molecular complexity index is 283. The van der Waals surface area contributed by atoms with E-state index in [4.69, 9.17) is 5.73 Å². The molecule has 1 saturated carbocycles. The summed E-state index contributed by atoms with van der Waals surface area (Å²) in [4.78, 5) is 12.0. The van der Waals surface area contributed by atoms with Crippen LogP contribution in [0.2, 0.25) is 0 Å². The Kier molecular flexibility index (Phi) is 5.20. The van der Waals surface area contributed by atoms with Crippen molar-refractivity contribution >= 4 is 5.91 Å². The van der Waals surface area contributed by atoms with Gasteiger partial charge in [0.05, 0.1) is 0 Å². The van der Waals surface area contributed by atoms with Gasteiger partial charge in [0.15, 0.2) is 0 Å². The van der Waals surface area contributed by atoms with Crippen molar-refractivity contribution in [3.63, 3.8) is 0 Å². The molecule has 1 amide bonds. The average Bonchev–Trinajstić information content (AvgIpc) is 2.58. The number of carbonyl (C=O) groups is 1. The van der Waals surface area contributed by atoms with Crippen molar-refractivity contribution in [2.24, 2.45) is 23.0 Å². The van der Waals surface area contributed by atoms with Crippen LogP contribution >= 0.6 is 0 Å². The predicted octanol–water partition coefficient (Wildman–Crippen LogP) is 2.69. The number of hydrogen-bond donors (Lipinski definition) is 2.